The molecule has 8 aromatic rings. The summed E-state index contributed by atoms with van der Waals surface area (Å²) < 4.78 is 6.09. The lowest BCUT2D eigenvalue weighted by molar-refractivity contribution is 0.669. The summed E-state index contributed by atoms with van der Waals surface area (Å²) in [5.41, 5.74) is 20.1. The van der Waals surface area contributed by atoms with Gasteiger partial charge in [0.1, 0.15) is 11.2 Å². The zero-order chi connectivity index (χ0) is 38.4. The van der Waals surface area contributed by atoms with Crippen molar-refractivity contribution in [2.45, 2.75) is 33.7 Å². The number of nitrogens with one attached hydrogen (secondary N) is 1. The van der Waals surface area contributed by atoms with Crippen LogP contribution in [0.3, 0.4) is 0 Å². The number of hydrogen-bond donors (Lipinski definition) is 2. The van der Waals surface area contributed by atoms with Gasteiger partial charge in [-0.2, -0.15) is 0 Å². The van der Waals surface area contributed by atoms with Gasteiger partial charge in [0.25, 0.3) is 0 Å². The second-order valence-electron chi connectivity index (χ2n) is 13.3. The maximum absolute atomic E-state index is 7.86. The molecule has 0 aliphatic heterocycles. The van der Waals surface area contributed by atoms with E-state index in [4.69, 9.17) is 15.6 Å². The van der Waals surface area contributed by atoms with Crippen molar-refractivity contribution in [3.05, 3.63) is 210 Å². The van der Waals surface area contributed by atoms with E-state index in [1.807, 2.05) is 66.7 Å². The van der Waals surface area contributed by atoms with Gasteiger partial charge >= 0.3 is 0 Å². The second-order valence-corrected chi connectivity index (χ2v) is 13.3. The van der Waals surface area contributed by atoms with E-state index in [9.17, 15) is 0 Å². The van der Waals surface area contributed by atoms with Crippen molar-refractivity contribution in [1.82, 2.24) is 0 Å². The Morgan fingerprint density at radius 2 is 1.24 bits per heavy atom. The monoisotopic (exact) mass is 716 g/mol. The van der Waals surface area contributed by atoms with Crippen molar-refractivity contribution < 1.29 is 4.42 Å². The summed E-state index contributed by atoms with van der Waals surface area (Å²) in [5, 5.41) is 9.90. The van der Waals surface area contributed by atoms with Gasteiger partial charge in [-0.05, 0) is 94.6 Å². The molecule has 1 aromatic heterocycles. The van der Waals surface area contributed by atoms with Gasteiger partial charge < -0.3 is 15.6 Å². The van der Waals surface area contributed by atoms with E-state index < -0.39 is 0 Å². The van der Waals surface area contributed by atoms with E-state index in [2.05, 4.69) is 142 Å². The van der Waals surface area contributed by atoms with Crippen LogP contribution < -0.4 is 5.73 Å². The lowest BCUT2D eigenvalue weighted by atomic mass is 9.89. The maximum atomic E-state index is 7.86. The molecule has 0 aliphatic rings. The third-order valence-electron chi connectivity index (χ3n) is 9.41. The van der Waals surface area contributed by atoms with Crippen molar-refractivity contribution >= 4 is 33.7 Å². The predicted octanol–water partition coefficient (Wildman–Crippen LogP) is 14.1. The Labute approximate surface area is 325 Å². The van der Waals surface area contributed by atoms with Gasteiger partial charge in [0.05, 0.1) is 0 Å². The van der Waals surface area contributed by atoms with Crippen LogP contribution in [-0.4, -0.2) is 6.21 Å². The zero-order valence-corrected chi connectivity index (χ0v) is 31.9. The minimum atomic E-state index is 0.640. The first kappa shape index (κ1) is 38.2. The molecule has 7 aromatic carbocycles. The Morgan fingerprint density at radius 1 is 0.618 bits per heavy atom. The van der Waals surface area contributed by atoms with Gasteiger partial charge in [0.2, 0.25) is 0 Å². The van der Waals surface area contributed by atoms with E-state index in [1.54, 1.807) is 0 Å². The molecule has 0 radical (unpaired) electrons. The molecule has 272 valence electrons. The highest BCUT2D eigenvalue weighted by Gasteiger charge is 2.15. The standard InChI is InChI=1S/C32H27NO.C13H12.C7H9N/c1-3-9-23(10-4-2)28-19-24(22-11-6-5-7-12-22)15-17-27(28)25-16-18-30-29(20-25)32-26(21-33)13-8-14-31(32)34-30;1-11-6-5-9-13(10-11)12-7-3-2-4-8-12;8-6-7-4-2-1-3-5-7/h3,5-21,33H,4H2,1-2H3;2-10H,1H3;1-5H,6,8H2/b9-3-,23-10+,33-21?;;. The zero-order valence-electron chi connectivity index (χ0n) is 31.9. The lowest BCUT2D eigenvalue weighted by Crippen LogP contribution is -1.94. The molecular weight excluding hydrogens is 669 g/mol. The number of fused-ring (bicyclic) bond motifs is 3. The molecule has 0 unspecified atom stereocenters. The highest BCUT2D eigenvalue weighted by molar-refractivity contribution is 6.13. The van der Waals surface area contributed by atoms with Crippen LogP contribution >= 0.6 is 0 Å². The minimum absolute atomic E-state index is 0.640. The first-order chi connectivity index (χ1) is 27.0. The summed E-state index contributed by atoms with van der Waals surface area (Å²) in [6.45, 7) is 6.99. The molecule has 8 rings (SSSR count). The second kappa shape index (κ2) is 19.0. The first-order valence-corrected chi connectivity index (χ1v) is 18.9. The largest absolute Gasteiger partial charge is 0.456 e. The van der Waals surface area contributed by atoms with Gasteiger partial charge in [-0.15, -0.1) is 0 Å². The SMILES string of the molecule is C/C=C\C(=C/CC)c1cc(-c2ccccc2)ccc1-c1ccc2oc3cccc(C=N)c3c2c1.Cc1cccc(-c2ccccc2)c1.NCc1ccccc1. The number of rotatable bonds is 8. The van der Waals surface area contributed by atoms with Gasteiger partial charge in [0, 0.05) is 29.1 Å². The molecule has 0 aliphatic carbocycles. The van der Waals surface area contributed by atoms with Crippen molar-refractivity contribution in [3.8, 4) is 33.4 Å². The van der Waals surface area contributed by atoms with Crippen LogP contribution in [0.4, 0.5) is 0 Å². The number of allylic oxidation sites excluding steroid dienone is 4. The minimum Gasteiger partial charge on any atom is -0.456 e. The van der Waals surface area contributed by atoms with Crippen LogP contribution in [0.15, 0.2) is 193 Å². The highest BCUT2D eigenvalue weighted by Crippen LogP contribution is 2.38. The van der Waals surface area contributed by atoms with Crippen molar-refractivity contribution in [2.24, 2.45) is 5.73 Å². The molecule has 0 bridgehead atoms. The van der Waals surface area contributed by atoms with E-state index >= 15 is 0 Å². The fraction of sp³-hybridized carbons (Fsp3) is 0.0962. The quantitative estimate of drug-likeness (QED) is 0.121. The average molecular weight is 717 g/mol. The van der Waals surface area contributed by atoms with Crippen LogP contribution in [0.5, 0.6) is 0 Å². The fourth-order valence-electron chi connectivity index (χ4n) is 6.72. The smallest absolute Gasteiger partial charge is 0.136 e. The predicted molar refractivity (Wildman–Crippen MR) is 237 cm³/mol. The van der Waals surface area contributed by atoms with Gasteiger partial charge in [-0.1, -0.05) is 176 Å². The average Bonchev–Trinajstić information content (AvgIpc) is 3.63. The van der Waals surface area contributed by atoms with Crippen molar-refractivity contribution in [3.63, 3.8) is 0 Å². The Bertz CT molecular complexity index is 2530. The molecule has 0 atom stereocenters. The van der Waals surface area contributed by atoms with Crippen LogP contribution in [0, 0.1) is 12.3 Å². The third-order valence-corrected chi connectivity index (χ3v) is 9.41. The van der Waals surface area contributed by atoms with Crippen LogP contribution in [0.25, 0.3) is 60.9 Å². The molecule has 3 nitrogen and oxygen atoms in total. The molecule has 0 saturated carbocycles. The summed E-state index contributed by atoms with van der Waals surface area (Å²) in [4.78, 5) is 0. The normalized spacial score (nSPS) is 11.2. The van der Waals surface area contributed by atoms with E-state index in [1.165, 1.54) is 56.3 Å². The van der Waals surface area contributed by atoms with Gasteiger partial charge in [0.15, 0.2) is 0 Å². The van der Waals surface area contributed by atoms with Gasteiger partial charge in [-0.25, -0.2) is 0 Å². The van der Waals surface area contributed by atoms with E-state index in [0.717, 1.165) is 39.5 Å². The molecule has 0 fully saturated rings. The summed E-state index contributed by atoms with van der Waals surface area (Å²) in [5.74, 6) is 0. The summed E-state index contributed by atoms with van der Waals surface area (Å²) >= 11 is 0. The van der Waals surface area contributed by atoms with E-state index in [0.29, 0.717) is 6.54 Å². The number of benzene rings is 7. The molecular formula is C52H48N2O. The van der Waals surface area contributed by atoms with E-state index in [-0.39, 0.29) is 0 Å². The Kier molecular flexibility index (Phi) is 13.2. The van der Waals surface area contributed by atoms with Crippen LogP contribution in [-0.2, 0) is 6.54 Å². The molecule has 0 spiro atoms. The summed E-state index contributed by atoms with van der Waals surface area (Å²) in [6, 6.07) is 58.5. The number of furan rings is 1. The number of nitrogens with two attached hydrogens (primary N) is 1. The summed E-state index contributed by atoms with van der Waals surface area (Å²) in [7, 11) is 0. The first-order valence-electron chi connectivity index (χ1n) is 18.9. The lowest BCUT2D eigenvalue weighted by Gasteiger charge is -2.14. The van der Waals surface area contributed by atoms with Gasteiger partial charge in [-0.3, -0.25) is 0 Å². The molecule has 3 heteroatoms. The van der Waals surface area contributed by atoms with Crippen LogP contribution in [0.1, 0.15) is 42.5 Å². The Hall–Kier alpha value is -6.55. The fourth-order valence-corrected chi connectivity index (χ4v) is 6.72. The summed E-state index contributed by atoms with van der Waals surface area (Å²) in [6.07, 6.45) is 8.94. The topological polar surface area (TPSA) is 63.0 Å². The molecule has 0 amide bonds. The number of aryl methyl sites for hydroxylation is 1. The maximum Gasteiger partial charge on any atom is 0.136 e. The number of hydrogen-bond acceptors (Lipinski definition) is 3. The molecule has 0 saturated heterocycles. The van der Waals surface area contributed by atoms with Crippen LogP contribution in [0.2, 0.25) is 0 Å². The Morgan fingerprint density at radius 3 is 1.84 bits per heavy atom. The van der Waals surface area contributed by atoms with Crippen molar-refractivity contribution in [2.75, 3.05) is 0 Å². The molecule has 1 heterocycles. The highest BCUT2D eigenvalue weighted by atomic mass is 16.3. The molecule has 3 N–H and O–H groups in total. The van der Waals surface area contributed by atoms with Crippen molar-refractivity contribution in [1.29, 1.82) is 5.41 Å². The Balaban J connectivity index is 0.000000198. The molecule has 55 heavy (non-hydrogen) atoms. The third kappa shape index (κ3) is 9.52.